The van der Waals surface area contributed by atoms with Crippen molar-refractivity contribution in [2.45, 2.75) is 127 Å². The predicted molar refractivity (Wildman–Crippen MR) is 178 cm³/mol. The zero-order chi connectivity index (χ0) is 34.6. The van der Waals surface area contributed by atoms with Crippen molar-refractivity contribution in [3.8, 4) is 0 Å². The fourth-order valence-corrected chi connectivity index (χ4v) is 11.7. The van der Waals surface area contributed by atoms with Gasteiger partial charge in [-0.1, -0.05) is 54.9 Å². The quantitative estimate of drug-likeness (QED) is 0.260. The van der Waals surface area contributed by atoms with Crippen LogP contribution in [0, 0.1) is 50.7 Å². The number of rotatable bonds is 3. The summed E-state index contributed by atoms with van der Waals surface area (Å²) in [5.74, 6) is 0.380. The molecule has 9 nitrogen and oxygen atoms in total. The molecular weight excluding hydrogens is 594 g/mol. The van der Waals surface area contributed by atoms with Crippen molar-refractivity contribution in [3.63, 3.8) is 0 Å². The Labute approximate surface area is 280 Å². The van der Waals surface area contributed by atoms with E-state index < -0.39 is 17.4 Å². The lowest BCUT2D eigenvalue weighted by Crippen LogP contribution is -2.64. The van der Waals surface area contributed by atoms with Gasteiger partial charge >= 0.3 is 11.9 Å². The molecule has 6 rings (SSSR count). The monoisotopic (exact) mass is 649 g/mol. The molecule has 1 aromatic rings. The van der Waals surface area contributed by atoms with Crippen LogP contribution in [-0.4, -0.2) is 33.6 Å². The summed E-state index contributed by atoms with van der Waals surface area (Å²) in [6, 6.07) is 0. The molecular formula is C38H55N3O6. The molecule has 0 unspecified atom stereocenters. The third-order valence-electron chi connectivity index (χ3n) is 13.7. The standard InChI is InChI=1S/C32H48O5.C6H7N3O/c1-19(2)25-22(34)18-32(27(35)37-36-20(3)33)17-16-30(7)21(26(25)32)10-11-24-29(6)14-9-13-28(4,5)23(29)12-15-31(24,30)8;1-5(10)9-6-2-7-4-8-3-6/h19,21,23-24H,9-18H2,1-8H3;2-4H,1H3,(H,9,10)/t21-,23+,24-,29+,30-,31-,32-;/m1./s1. The normalized spacial score (nSPS) is 36.9. The minimum Gasteiger partial charge on any atom is -0.324 e. The third-order valence-corrected chi connectivity index (χ3v) is 13.7. The Morgan fingerprint density at radius 2 is 1.53 bits per heavy atom. The van der Waals surface area contributed by atoms with Crippen LogP contribution in [0.2, 0.25) is 0 Å². The molecule has 0 aromatic carbocycles. The maximum absolute atomic E-state index is 13.6. The Hall–Kier alpha value is -3.10. The van der Waals surface area contributed by atoms with Crippen molar-refractivity contribution >= 4 is 29.3 Å². The first-order valence-corrected chi connectivity index (χ1v) is 17.6. The van der Waals surface area contributed by atoms with Gasteiger partial charge in [0, 0.05) is 20.3 Å². The van der Waals surface area contributed by atoms with Crippen molar-refractivity contribution in [3.05, 3.63) is 29.9 Å². The van der Waals surface area contributed by atoms with E-state index in [0.717, 1.165) is 36.3 Å². The van der Waals surface area contributed by atoms with Crippen LogP contribution in [0.25, 0.3) is 0 Å². The summed E-state index contributed by atoms with van der Waals surface area (Å²) in [6.07, 6.45) is 14.7. The lowest BCUT2D eigenvalue weighted by molar-refractivity contribution is -0.267. The van der Waals surface area contributed by atoms with Crippen molar-refractivity contribution in [1.29, 1.82) is 0 Å². The highest BCUT2D eigenvalue weighted by atomic mass is 17.2. The second kappa shape index (κ2) is 12.4. The molecule has 0 aliphatic heterocycles. The van der Waals surface area contributed by atoms with Gasteiger partial charge in [-0.15, -0.1) is 0 Å². The number of carbonyl (C=O) groups excluding carboxylic acids is 4. The number of amides is 1. The van der Waals surface area contributed by atoms with E-state index in [-0.39, 0.29) is 40.8 Å². The molecule has 1 heterocycles. The maximum Gasteiger partial charge on any atom is 0.366 e. The smallest absolute Gasteiger partial charge is 0.324 e. The molecule has 0 saturated heterocycles. The predicted octanol–water partition coefficient (Wildman–Crippen LogP) is 7.81. The molecule has 1 N–H and O–H groups in total. The van der Waals surface area contributed by atoms with E-state index >= 15 is 0 Å². The number of hydrogen-bond donors (Lipinski definition) is 1. The van der Waals surface area contributed by atoms with Gasteiger partial charge in [-0.05, 0) is 108 Å². The van der Waals surface area contributed by atoms with Crippen molar-refractivity contribution in [2.24, 2.45) is 50.7 Å². The van der Waals surface area contributed by atoms with Gasteiger partial charge in [0.1, 0.15) is 11.7 Å². The van der Waals surface area contributed by atoms with Gasteiger partial charge in [0.15, 0.2) is 5.78 Å². The number of hydrogen-bond acceptors (Lipinski definition) is 8. The van der Waals surface area contributed by atoms with E-state index in [2.05, 4.69) is 63.8 Å². The van der Waals surface area contributed by atoms with Crippen molar-refractivity contribution in [2.75, 3.05) is 5.32 Å². The fourth-order valence-electron chi connectivity index (χ4n) is 11.7. The lowest BCUT2D eigenvalue weighted by Gasteiger charge is -2.71. The second-order valence-corrected chi connectivity index (χ2v) is 16.9. The number of aromatic nitrogens is 2. The average molecular weight is 650 g/mol. The minimum absolute atomic E-state index is 0.0107. The largest absolute Gasteiger partial charge is 0.366 e. The number of ketones is 1. The van der Waals surface area contributed by atoms with Crippen LogP contribution in [0.5, 0.6) is 0 Å². The molecule has 47 heavy (non-hydrogen) atoms. The fraction of sp³-hybridized carbons (Fsp3) is 0.737. The molecule has 1 aromatic heterocycles. The first-order chi connectivity index (χ1) is 21.9. The van der Waals surface area contributed by atoms with E-state index in [0.29, 0.717) is 28.9 Å². The number of anilines is 1. The molecule has 5 aliphatic carbocycles. The zero-order valence-corrected chi connectivity index (χ0v) is 30.0. The van der Waals surface area contributed by atoms with E-state index in [9.17, 15) is 19.2 Å². The van der Waals surface area contributed by atoms with Crippen molar-refractivity contribution in [1.82, 2.24) is 9.97 Å². The lowest BCUT2D eigenvalue weighted by atomic mass is 9.33. The number of nitrogens with one attached hydrogen (secondary N) is 1. The van der Waals surface area contributed by atoms with Crippen LogP contribution in [0.1, 0.15) is 127 Å². The highest BCUT2D eigenvalue weighted by molar-refractivity contribution is 6.06. The molecule has 0 spiro atoms. The Kier molecular flexibility index (Phi) is 9.30. The zero-order valence-electron chi connectivity index (χ0n) is 30.0. The molecule has 5 aliphatic rings. The van der Waals surface area contributed by atoms with Crippen LogP contribution < -0.4 is 5.32 Å². The molecule has 7 atom stereocenters. The van der Waals surface area contributed by atoms with Gasteiger partial charge in [0.2, 0.25) is 5.91 Å². The van der Waals surface area contributed by atoms with Gasteiger partial charge in [-0.2, -0.15) is 0 Å². The first kappa shape index (κ1) is 35.2. The summed E-state index contributed by atoms with van der Waals surface area (Å²) in [5, 5.41) is 2.54. The molecule has 258 valence electrons. The minimum atomic E-state index is -0.993. The van der Waals surface area contributed by atoms with E-state index in [1.54, 1.807) is 0 Å². The Bertz CT molecular complexity index is 1450. The third kappa shape index (κ3) is 5.73. The highest BCUT2D eigenvalue weighted by Gasteiger charge is 2.70. The highest BCUT2D eigenvalue weighted by Crippen LogP contribution is 2.76. The molecule has 0 bridgehead atoms. The van der Waals surface area contributed by atoms with E-state index in [4.69, 9.17) is 9.78 Å². The number of allylic oxidation sites excluding steroid dienone is 1. The summed E-state index contributed by atoms with van der Waals surface area (Å²) >= 11 is 0. The molecule has 4 fully saturated rings. The molecule has 1 amide bonds. The summed E-state index contributed by atoms with van der Waals surface area (Å²) < 4.78 is 0. The van der Waals surface area contributed by atoms with Crippen LogP contribution in [-0.2, 0) is 29.0 Å². The average Bonchev–Trinajstić information content (AvgIpc) is 3.29. The second-order valence-electron chi connectivity index (χ2n) is 16.9. The van der Waals surface area contributed by atoms with Gasteiger partial charge in [-0.3, -0.25) is 9.59 Å². The number of Topliss-reactive ketones (excluding diaryl/α,β-unsaturated/α-hetero) is 1. The molecule has 9 heteroatoms. The van der Waals surface area contributed by atoms with E-state index in [1.165, 1.54) is 64.7 Å². The van der Waals surface area contributed by atoms with Gasteiger partial charge in [0.05, 0.1) is 18.1 Å². The number of fused-ring (bicyclic) bond motifs is 7. The topological polar surface area (TPSA) is 125 Å². The number of nitrogens with zero attached hydrogens (tertiary/aromatic N) is 2. The van der Waals surface area contributed by atoms with Crippen molar-refractivity contribution < 1.29 is 29.0 Å². The molecule has 0 radical (unpaired) electrons. The van der Waals surface area contributed by atoms with Gasteiger partial charge in [0.25, 0.3) is 0 Å². The van der Waals surface area contributed by atoms with Crippen LogP contribution in [0.15, 0.2) is 29.9 Å². The van der Waals surface area contributed by atoms with Crippen LogP contribution in [0.4, 0.5) is 5.69 Å². The molecule has 4 saturated carbocycles. The van der Waals surface area contributed by atoms with Crippen LogP contribution >= 0.6 is 0 Å². The summed E-state index contributed by atoms with van der Waals surface area (Å²) in [7, 11) is 0. The summed E-state index contributed by atoms with van der Waals surface area (Å²) in [4.78, 5) is 66.2. The number of carbonyl (C=O) groups is 4. The van der Waals surface area contributed by atoms with Crippen LogP contribution in [0.3, 0.4) is 0 Å². The van der Waals surface area contributed by atoms with Gasteiger partial charge in [-0.25, -0.2) is 29.3 Å². The Balaban J connectivity index is 0.000000371. The van der Waals surface area contributed by atoms with Gasteiger partial charge < -0.3 is 5.32 Å². The summed E-state index contributed by atoms with van der Waals surface area (Å²) in [5.41, 5.74) is 2.40. The maximum atomic E-state index is 13.6. The van der Waals surface area contributed by atoms with E-state index in [1.807, 2.05) is 0 Å². The SMILES string of the molecule is CC(=O)Nc1cncnc1.CC(=O)OOC(=O)[C@@]12CC[C@]3(C)[C@H](CC[C@@H]4[C@@]5(C)CCCC(C)(C)[C@@H]5CC[C@]43C)C1=C(C(C)C)C(=O)C2. The first-order valence-electron chi connectivity index (χ1n) is 17.6. The Morgan fingerprint density at radius 3 is 2.15 bits per heavy atom. The Morgan fingerprint density at radius 1 is 0.851 bits per heavy atom. The summed E-state index contributed by atoms with van der Waals surface area (Å²) in [6.45, 7) is 19.5.